The van der Waals surface area contributed by atoms with E-state index in [0.29, 0.717) is 12.5 Å². The summed E-state index contributed by atoms with van der Waals surface area (Å²) in [6.07, 6.45) is 0. The molecule has 0 bridgehead atoms. The molecule has 0 heterocycles. The molecule has 0 aliphatic carbocycles. The molecule has 0 saturated carbocycles. The molecule has 0 aliphatic heterocycles. The topological polar surface area (TPSA) is 30.5 Å². The lowest BCUT2D eigenvalue weighted by molar-refractivity contribution is 0.257. The average molecular weight is 223 g/mol. The number of hydrogen-bond acceptors (Lipinski definition) is 3. The van der Waals surface area contributed by atoms with Crippen molar-refractivity contribution in [2.24, 2.45) is 5.92 Å². The Morgan fingerprint density at radius 3 is 2.19 bits per heavy atom. The Labute approximate surface area is 97.8 Å². The van der Waals surface area contributed by atoms with E-state index < -0.39 is 0 Å². The van der Waals surface area contributed by atoms with E-state index in [9.17, 15) is 0 Å². The normalized spacial score (nSPS) is 12.2. The summed E-state index contributed by atoms with van der Waals surface area (Å²) in [6, 6.07) is 7.75. The van der Waals surface area contributed by atoms with Gasteiger partial charge in [-0.15, -0.1) is 0 Å². The summed E-state index contributed by atoms with van der Waals surface area (Å²) >= 11 is 0. The molecule has 3 nitrogen and oxygen atoms in total. The highest BCUT2D eigenvalue weighted by molar-refractivity contribution is 5.31. The lowest BCUT2D eigenvalue weighted by atomic mass is 10.2. The van der Waals surface area contributed by atoms with Crippen LogP contribution in [0.1, 0.15) is 13.8 Å². The fourth-order valence-corrected chi connectivity index (χ4v) is 1.44. The number of nitrogens with one attached hydrogen (secondary N) is 1. The van der Waals surface area contributed by atoms with Gasteiger partial charge in [-0.05, 0) is 38.2 Å². The Kier molecular flexibility index (Phi) is 5.72. The maximum absolute atomic E-state index is 5.66. The molecule has 1 aromatic rings. The summed E-state index contributed by atoms with van der Waals surface area (Å²) in [5.41, 5.74) is 0. The van der Waals surface area contributed by atoms with Crippen molar-refractivity contribution in [1.82, 2.24) is 5.32 Å². The zero-order valence-electron chi connectivity index (χ0n) is 10.3. The highest BCUT2D eigenvalue weighted by Gasteiger charge is 2.01. The summed E-state index contributed by atoms with van der Waals surface area (Å²) in [7, 11) is 1.95. The fourth-order valence-electron chi connectivity index (χ4n) is 1.44. The zero-order chi connectivity index (χ0) is 11.8. The number of ether oxygens (including phenoxy) is 2. The third kappa shape index (κ3) is 4.53. The lowest BCUT2D eigenvalue weighted by Gasteiger charge is -2.12. The summed E-state index contributed by atoms with van der Waals surface area (Å²) in [5, 5.41) is 3.13. The van der Waals surface area contributed by atoms with Gasteiger partial charge in [0.15, 0.2) is 0 Å². The predicted octanol–water partition coefficient (Wildman–Crippen LogP) is 2.32. The second-order valence-electron chi connectivity index (χ2n) is 3.88. The molecule has 0 spiro atoms. The average Bonchev–Trinajstić information content (AvgIpc) is 2.29. The van der Waals surface area contributed by atoms with Gasteiger partial charge in [0.25, 0.3) is 0 Å². The molecule has 1 atom stereocenters. The maximum atomic E-state index is 5.66. The minimum Gasteiger partial charge on any atom is -0.494 e. The molecule has 90 valence electrons. The number of benzene rings is 1. The zero-order valence-corrected chi connectivity index (χ0v) is 10.3. The van der Waals surface area contributed by atoms with Crippen molar-refractivity contribution in [3.8, 4) is 11.5 Å². The van der Waals surface area contributed by atoms with E-state index in [1.807, 2.05) is 38.2 Å². The van der Waals surface area contributed by atoms with E-state index in [0.717, 1.165) is 24.7 Å². The molecule has 0 aliphatic rings. The van der Waals surface area contributed by atoms with E-state index in [2.05, 4.69) is 12.2 Å². The molecule has 0 radical (unpaired) electrons. The monoisotopic (exact) mass is 223 g/mol. The number of hydrogen-bond donors (Lipinski definition) is 1. The molecular formula is C13H21NO2. The smallest absolute Gasteiger partial charge is 0.119 e. The lowest BCUT2D eigenvalue weighted by Crippen LogP contribution is -2.21. The SMILES string of the molecule is CCOc1ccc(OCC(C)CNC)cc1. The fraction of sp³-hybridized carbons (Fsp3) is 0.538. The quantitative estimate of drug-likeness (QED) is 0.769. The Morgan fingerprint density at radius 2 is 1.69 bits per heavy atom. The van der Waals surface area contributed by atoms with Crippen LogP contribution in [0.5, 0.6) is 11.5 Å². The highest BCUT2D eigenvalue weighted by atomic mass is 16.5. The van der Waals surface area contributed by atoms with Gasteiger partial charge in [0, 0.05) is 12.5 Å². The van der Waals surface area contributed by atoms with Crippen LogP contribution in [-0.4, -0.2) is 26.8 Å². The van der Waals surface area contributed by atoms with Gasteiger partial charge >= 0.3 is 0 Å². The van der Waals surface area contributed by atoms with Crippen LogP contribution in [0.25, 0.3) is 0 Å². The van der Waals surface area contributed by atoms with Crippen LogP contribution in [0.15, 0.2) is 24.3 Å². The van der Waals surface area contributed by atoms with Crippen LogP contribution >= 0.6 is 0 Å². The number of rotatable bonds is 7. The van der Waals surface area contributed by atoms with Gasteiger partial charge in [-0.1, -0.05) is 6.92 Å². The van der Waals surface area contributed by atoms with Crippen LogP contribution in [0.4, 0.5) is 0 Å². The Morgan fingerprint density at radius 1 is 1.12 bits per heavy atom. The van der Waals surface area contributed by atoms with Crippen molar-refractivity contribution >= 4 is 0 Å². The van der Waals surface area contributed by atoms with Crippen LogP contribution in [0, 0.1) is 5.92 Å². The summed E-state index contributed by atoms with van der Waals surface area (Å²) in [6.45, 7) is 6.53. The summed E-state index contributed by atoms with van der Waals surface area (Å²) in [4.78, 5) is 0. The van der Waals surface area contributed by atoms with Crippen molar-refractivity contribution in [2.45, 2.75) is 13.8 Å². The largest absolute Gasteiger partial charge is 0.494 e. The molecule has 1 rings (SSSR count). The second kappa shape index (κ2) is 7.12. The van der Waals surface area contributed by atoms with Gasteiger partial charge < -0.3 is 14.8 Å². The van der Waals surface area contributed by atoms with Crippen molar-refractivity contribution < 1.29 is 9.47 Å². The van der Waals surface area contributed by atoms with Crippen molar-refractivity contribution in [3.63, 3.8) is 0 Å². The Bertz CT molecular complexity index is 284. The predicted molar refractivity (Wildman–Crippen MR) is 66.2 cm³/mol. The van der Waals surface area contributed by atoms with Gasteiger partial charge in [-0.2, -0.15) is 0 Å². The van der Waals surface area contributed by atoms with E-state index in [1.165, 1.54) is 0 Å². The molecule has 0 aromatic heterocycles. The minimum absolute atomic E-state index is 0.511. The first-order valence-electron chi connectivity index (χ1n) is 5.76. The van der Waals surface area contributed by atoms with Crippen LogP contribution in [-0.2, 0) is 0 Å². The van der Waals surface area contributed by atoms with Gasteiger partial charge in [0.05, 0.1) is 13.2 Å². The van der Waals surface area contributed by atoms with Gasteiger partial charge in [0.1, 0.15) is 11.5 Å². The van der Waals surface area contributed by atoms with Crippen LogP contribution in [0.3, 0.4) is 0 Å². The van der Waals surface area contributed by atoms with E-state index >= 15 is 0 Å². The van der Waals surface area contributed by atoms with Gasteiger partial charge in [-0.3, -0.25) is 0 Å². The van der Waals surface area contributed by atoms with Crippen molar-refractivity contribution in [1.29, 1.82) is 0 Å². The highest BCUT2D eigenvalue weighted by Crippen LogP contribution is 2.17. The van der Waals surface area contributed by atoms with Gasteiger partial charge in [0.2, 0.25) is 0 Å². The van der Waals surface area contributed by atoms with Crippen LogP contribution in [0.2, 0.25) is 0 Å². The van der Waals surface area contributed by atoms with Gasteiger partial charge in [-0.25, -0.2) is 0 Å². The van der Waals surface area contributed by atoms with E-state index in [1.54, 1.807) is 0 Å². The Balaban J connectivity index is 2.37. The maximum Gasteiger partial charge on any atom is 0.119 e. The third-order valence-corrected chi connectivity index (χ3v) is 2.22. The van der Waals surface area contributed by atoms with Crippen molar-refractivity contribution in [3.05, 3.63) is 24.3 Å². The first-order chi connectivity index (χ1) is 7.76. The second-order valence-corrected chi connectivity index (χ2v) is 3.88. The first-order valence-corrected chi connectivity index (χ1v) is 5.76. The van der Waals surface area contributed by atoms with Crippen LogP contribution < -0.4 is 14.8 Å². The molecule has 0 fully saturated rings. The van der Waals surface area contributed by atoms with Crippen molar-refractivity contribution in [2.75, 3.05) is 26.8 Å². The van der Waals surface area contributed by atoms with E-state index in [4.69, 9.17) is 9.47 Å². The Hall–Kier alpha value is -1.22. The molecule has 1 aromatic carbocycles. The molecular weight excluding hydrogens is 202 g/mol. The molecule has 0 amide bonds. The molecule has 0 saturated heterocycles. The van der Waals surface area contributed by atoms with E-state index in [-0.39, 0.29) is 0 Å². The molecule has 1 unspecified atom stereocenters. The minimum atomic E-state index is 0.511. The summed E-state index contributed by atoms with van der Waals surface area (Å²) in [5.74, 6) is 2.29. The molecule has 1 N–H and O–H groups in total. The third-order valence-electron chi connectivity index (χ3n) is 2.22. The first kappa shape index (κ1) is 12.8. The summed E-state index contributed by atoms with van der Waals surface area (Å²) < 4.78 is 11.0. The molecule has 3 heteroatoms. The standard InChI is InChI=1S/C13H21NO2/c1-4-15-12-5-7-13(8-6-12)16-10-11(2)9-14-3/h5-8,11,14H,4,9-10H2,1-3H3. The molecule has 16 heavy (non-hydrogen) atoms.